The third kappa shape index (κ3) is 4.57. The zero-order chi connectivity index (χ0) is 19.5. The van der Waals surface area contributed by atoms with E-state index in [1.165, 1.54) is 12.8 Å². The molecule has 0 aromatic carbocycles. The number of hydrogen-bond donors (Lipinski definition) is 0. The minimum atomic E-state index is 0.220. The van der Waals surface area contributed by atoms with Crippen molar-refractivity contribution in [2.75, 3.05) is 39.3 Å². The summed E-state index contributed by atoms with van der Waals surface area (Å²) in [4.78, 5) is 24.4. The van der Waals surface area contributed by atoms with E-state index in [0.29, 0.717) is 17.9 Å². The Hall–Kier alpha value is -1.47. The maximum Gasteiger partial charge on any atom is 0.240 e. The highest BCUT2D eigenvalue weighted by Crippen LogP contribution is 2.26. The number of piperidine rings is 2. The molecule has 0 N–H and O–H groups in total. The summed E-state index contributed by atoms with van der Waals surface area (Å²) in [7, 11) is 0. The molecule has 3 fully saturated rings. The van der Waals surface area contributed by atoms with E-state index in [-0.39, 0.29) is 5.92 Å². The van der Waals surface area contributed by atoms with Crippen molar-refractivity contribution in [3.63, 3.8) is 0 Å². The predicted molar refractivity (Wildman–Crippen MR) is 107 cm³/mol. The van der Waals surface area contributed by atoms with E-state index in [0.717, 1.165) is 83.2 Å². The van der Waals surface area contributed by atoms with Gasteiger partial charge in [0.1, 0.15) is 0 Å². The van der Waals surface area contributed by atoms with Crippen molar-refractivity contribution < 1.29 is 9.32 Å². The average Bonchev–Trinajstić information content (AvgIpc) is 3.40. The van der Waals surface area contributed by atoms with E-state index in [4.69, 9.17) is 4.52 Å². The molecule has 0 spiro atoms. The van der Waals surface area contributed by atoms with Crippen molar-refractivity contribution in [3.05, 3.63) is 11.7 Å². The first kappa shape index (κ1) is 19.8. The maximum atomic E-state index is 12.8. The van der Waals surface area contributed by atoms with Gasteiger partial charge < -0.3 is 9.42 Å². The van der Waals surface area contributed by atoms with Gasteiger partial charge in [0.15, 0.2) is 5.82 Å². The number of hydrogen-bond acceptors (Lipinski definition) is 6. The lowest BCUT2D eigenvalue weighted by molar-refractivity contribution is -0.136. The smallest absolute Gasteiger partial charge is 0.240 e. The third-order valence-electron chi connectivity index (χ3n) is 6.65. The van der Waals surface area contributed by atoms with Crippen molar-refractivity contribution in [1.29, 1.82) is 0 Å². The van der Waals surface area contributed by atoms with Crippen LogP contribution >= 0.6 is 0 Å². The molecule has 1 aromatic rings. The van der Waals surface area contributed by atoms with Crippen LogP contribution in [0.5, 0.6) is 0 Å². The fraction of sp³-hybridized carbons (Fsp3) is 0.857. The minimum absolute atomic E-state index is 0.220. The summed E-state index contributed by atoms with van der Waals surface area (Å²) in [5.74, 6) is 2.47. The molecule has 7 heteroatoms. The first-order valence-electron chi connectivity index (χ1n) is 11.2. The van der Waals surface area contributed by atoms with E-state index in [9.17, 15) is 4.79 Å². The zero-order valence-electron chi connectivity index (χ0n) is 17.5. The molecule has 1 atom stereocenters. The van der Waals surface area contributed by atoms with Crippen LogP contribution in [0.1, 0.15) is 70.0 Å². The van der Waals surface area contributed by atoms with Crippen LogP contribution in [-0.4, -0.2) is 76.1 Å². The Balaban J connectivity index is 1.25. The molecule has 7 nitrogen and oxygen atoms in total. The zero-order valence-corrected chi connectivity index (χ0v) is 17.5. The fourth-order valence-corrected chi connectivity index (χ4v) is 4.94. The molecule has 0 saturated carbocycles. The summed E-state index contributed by atoms with van der Waals surface area (Å²) in [6.45, 7) is 11.1. The monoisotopic (exact) mass is 389 g/mol. The highest BCUT2D eigenvalue weighted by atomic mass is 16.5. The van der Waals surface area contributed by atoms with Gasteiger partial charge in [-0.25, -0.2) is 0 Å². The second kappa shape index (κ2) is 8.91. The summed E-state index contributed by atoms with van der Waals surface area (Å²) in [6, 6.07) is 0.610. The number of carbonyl (C=O) groups is 1. The molecule has 4 rings (SSSR count). The normalized spacial score (nSPS) is 25.7. The van der Waals surface area contributed by atoms with Crippen molar-refractivity contribution >= 4 is 5.91 Å². The van der Waals surface area contributed by atoms with Gasteiger partial charge in [-0.15, -0.1) is 0 Å². The topological polar surface area (TPSA) is 65.7 Å². The summed E-state index contributed by atoms with van der Waals surface area (Å²) in [5, 5.41) is 4.07. The summed E-state index contributed by atoms with van der Waals surface area (Å²) in [5.41, 5.74) is 0. The molecular formula is C21H35N5O2. The largest absolute Gasteiger partial charge is 0.342 e. The Morgan fingerprint density at radius 3 is 2.50 bits per heavy atom. The van der Waals surface area contributed by atoms with Crippen molar-refractivity contribution in [1.82, 2.24) is 24.8 Å². The Bertz CT molecular complexity index is 647. The molecular weight excluding hydrogens is 354 g/mol. The van der Waals surface area contributed by atoms with Gasteiger partial charge in [0, 0.05) is 44.7 Å². The second-order valence-electron chi connectivity index (χ2n) is 9.07. The molecule has 3 aliphatic heterocycles. The number of carbonyl (C=O) groups excluding carboxylic acids is 1. The summed E-state index contributed by atoms with van der Waals surface area (Å²) >= 11 is 0. The third-order valence-corrected chi connectivity index (χ3v) is 6.65. The number of likely N-dealkylation sites (tertiary alicyclic amines) is 3. The summed E-state index contributed by atoms with van der Waals surface area (Å²) in [6.07, 6.45) is 6.91. The molecule has 3 saturated heterocycles. The van der Waals surface area contributed by atoms with E-state index in [1.807, 2.05) is 0 Å². The number of rotatable bonds is 5. The van der Waals surface area contributed by atoms with Crippen LogP contribution in [0.3, 0.4) is 0 Å². The van der Waals surface area contributed by atoms with Crippen LogP contribution in [0.2, 0.25) is 0 Å². The molecule has 1 aromatic heterocycles. The lowest BCUT2D eigenvalue weighted by Gasteiger charge is -2.42. The summed E-state index contributed by atoms with van der Waals surface area (Å²) < 4.78 is 5.41. The van der Waals surface area contributed by atoms with Crippen molar-refractivity contribution in [2.24, 2.45) is 5.92 Å². The van der Waals surface area contributed by atoms with E-state index in [1.54, 1.807) is 0 Å². The Labute approximate surface area is 168 Å². The fourth-order valence-electron chi connectivity index (χ4n) is 4.94. The molecule has 1 unspecified atom stereocenters. The van der Waals surface area contributed by atoms with Gasteiger partial charge in [0.05, 0.1) is 12.5 Å². The highest BCUT2D eigenvalue weighted by Gasteiger charge is 2.34. The van der Waals surface area contributed by atoms with Gasteiger partial charge in [-0.1, -0.05) is 19.0 Å². The highest BCUT2D eigenvalue weighted by molar-refractivity contribution is 5.79. The first-order chi connectivity index (χ1) is 13.6. The van der Waals surface area contributed by atoms with Crippen LogP contribution in [0.25, 0.3) is 0 Å². The number of aromatic nitrogens is 2. The quantitative estimate of drug-likeness (QED) is 0.771. The van der Waals surface area contributed by atoms with E-state index < -0.39 is 0 Å². The van der Waals surface area contributed by atoms with E-state index >= 15 is 0 Å². The lowest BCUT2D eigenvalue weighted by atomic mass is 9.93. The van der Waals surface area contributed by atoms with Gasteiger partial charge in [-0.3, -0.25) is 14.6 Å². The molecule has 28 heavy (non-hydrogen) atoms. The van der Waals surface area contributed by atoms with Crippen LogP contribution < -0.4 is 0 Å². The van der Waals surface area contributed by atoms with E-state index in [2.05, 4.69) is 38.7 Å². The Morgan fingerprint density at radius 2 is 1.82 bits per heavy atom. The van der Waals surface area contributed by atoms with Crippen LogP contribution in [0.15, 0.2) is 4.52 Å². The van der Waals surface area contributed by atoms with Crippen molar-refractivity contribution in [3.8, 4) is 0 Å². The van der Waals surface area contributed by atoms with Gasteiger partial charge in [0.2, 0.25) is 11.8 Å². The molecule has 0 aliphatic carbocycles. The molecule has 4 heterocycles. The van der Waals surface area contributed by atoms with Gasteiger partial charge in [-0.05, 0) is 45.1 Å². The number of amides is 1. The Kier molecular flexibility index (Phi) is 6.31. The minimum Gasteiger partial charge on any atom is -0.342 e. The molecule has 156 valence electrons. The SMILES string of the molecule is CC(C)c1noc(CN2CCC(N3CCCC(C(=O)N4CCCC4)C3)CC2)n1. The Morgan fingerprint density at radius 1 is 1.07 bits per heavy atom. The standard InChI is InChI=1S/C21H35N5O2/c1-16(2)20-22-19(28-23-20)15-24-12-7-18(8-13-24)26-11-5-6-17(14-26)21(27)25-9-3-4-10-25/h16-18H,3-15H2,1-2H3. The molecule has 1 amide bonds. The van der Waals surface area contributed by atoms with Crippen LogP contribution in [-0.2, 0) is 11.3 Å². The average molecular weight is 390 g/mol. The van der Waals surface area contributed by atoms with Gasteiger partial charge >= 0.3 is 0 Å². The second-order valence-corrected chi connectivity index (χ2v) is 9.07. The lowest BCUT2D eigenvalue weighted by Crippen LogP contribution is -2.51. The number of nitrogens with zero attached hydrogens (tertiary/aromatic N) is 5. The predicted octanol–water partition coefficient (Wildman–Crippen LogP) is 2.49. The van der Waals surface area contributed by atoms with Crippen LogP contribution in [0, 0.1) is 5.92 Å². The first-order valence-corrected chi connectivity index (χ1v) is 11.2. The molecule has 0 radical (unpaired) electrons. The molecule has 0 bridgehead atoms. The van der Waals surface area contributed by atoms with Gasteiger partial charge in [-0.2, -0.15) is 4.98 Å². The maximum absolute atomic E-state index is 12.8. The molecule has 3 aliphatic rings. The van der Waals surface area contributed by atoms with Crippen molar-refractivity contribution in [2.45, 2.75) is 70.9 Å². The van der Waals surface area contributed by atoms with Crippen LogP contribution in [0.4, 0.5) is 0 Å². The van der Waals surface area contributed by atoms with Gasteiger partial charge in [0.25, 0.3) is 0 Å².